The minimum Gasteiger partial charge on any atom is -0.478 e. The highest BCUT2D eigenvalue weighted by atomic mass is 16.4. The Morgan fingerprint density at radius 2 is 1.64 bits per heavy atom. The number of benzene rings is 3. The van der Waals surface area contributed by atoms with E-state index in [2.05, 4.69) is 10.3 Å². The van der Waals surface area contributed by atoms with Crippen molar-refractivity contribution >= 4 is 39.2 Å². The van der Waals surface area contributed by atoms with Gasteiger partial charge in [0.2, 0.25) is 0 Å². The fraction of sp³-hybridized carbons (Fsp3) is 0. The first-order chi connectivity index (χ1) is 12.1. The van der Waals surface area contributed by atoms with Crippen LogP contribution in [-0.4, -0.2) is 22.0 Å². The predicted octanol–water partition coefficient (Wildman–Crippen LogP) is 4.27. The molecular weight excluding hydrogens is 316 g/mol. The molecule has 5 heteroatoms. The van der Waals surface area contributed by atoms with Crippen LogP contribution in [0.1, 0.15) is 20.7 Å². The molecule has 3 N–H and O–H groups in total. The van der Waals surface area contributed by atoms with E-state index in [1.807, 2.05) is 30.5 Å². The van der Waals surface area contributed by atoms with Crippen molar-refractivity contribution in [2.24, 2.45) is 0 Å². The van der Waals surface area contributed by atoms with Gasteiger partial charge in [-0.15, -0.1) is 0 Å². The van der Waals surface area contributed by atoms with Gasteiger partial charge in [-0.05, 0) is 41.1 Å². The summed E-state index contributed by atoms with van der Waals surface area (Å²) in [6.45, 7) is 0. The fourth-order valence-corrected chi connectivity index (χ4v) is 3.03. The molecule has 0 spiro atoms. The summed E-state index contributed by atoms with van der Waals surface area (Å²) >= 11 is 0. The maximum atomic E-state index is 12.8. The minimum absolute atomic E-state index is 0.114. The Morgan fingerprint density at radius 1 is 0.880 bits per heavy atom. The normalized spacial score (nSPS) is 10.9. The zero-order valence-corrected chi connectivity index (χ0v) is 13.1. The van der Waals surface area contributed by atoms with Crippen LogP contribution >= 0.6 is 0 Å². The van der Waals surface area contributed by atoms with Gasteiger partial charge in [-0.2, -0.15) is 0 Å². The van der Waals surface area contributed by atoms with E-state index in [-0.39, 0.29) is 11.5 Å². The molecule has 1 heterocycles. The summed E-state index contributed by atoms with van der Waals surface area (Å²) in [4.78, 5) is 27.4. The van der Waals surface area contributed by atoms with Gasteiger partial charge in [-0.1, -0.05) is 30.3 Å². The zero-order valence-electron chi connectivity index (χ0n) is 13.1. The number of hydrogen-bond acceptors (Lipinski definition) is 2. The van der Waals surface area contributed by atoms with Crippen molar-refractivity contribution in [1.82, 2.24) is 4.98 Å². The Bertz CT molecular complexity index is 1120. The molecule has 0 fully saturated rings. The van der Waals surface area contributed by atoms with Crippen LogP contribution < -0.4 is 5.32 Å². The molecule has 0 saturated carbocycles. The van der Waals surface area contributed by atoms with Crippen molar-refractivity contribution in [3.05, 3.63) is 78.0 Å². The summed E-state index contributed by atoms with van der Waals surface area (Å²) in [6.07, 6.45) is 1.83. The van der Waals surface area contributed by atoms with E-state index < -0.39 is 5.97 Å². The van der Waals surface area contributed by atoms with Crippen molar-refractivity contribution in [3.63, 3.8) is 0 Å². The highest BCUT2D eigenvalue weighted by molar-refractivity contribution is 6.17. The third-order valence-electron chi connectivity index (χ3n) is 4.19. The number of aromatic nitrogens is 1. The maximum absolute atomic E-state index is 12.8. The van der Waals surface area contributed by atoms with Gasteiger partial charge < -0.3 is 15.4 Å². The molecule has 122 valence electrons. The monoisotopic (exact) mass is 330 g/mol. The molecule has 25 heavy (non-hydrogen) atoms. The van der Waals surface area contributed by atoms with Gasteiger partial charge in [0, 0.05) is 28.4 Å². The highest BCUT2D eigenvalue weighted by Crippen LogP contribution is 2.25. The Kier molecular flexibility index (Phi) is 3.47. The summed E-state index contributed by atoms with van der Waals surface area (Å²) in [5.74, 6) is -1.40. The zero-order chi connectivity index (χ0) is 17.4. The summed E-state index contributed by atoms with van der Waals surface area (Å²) in [7, 11) is 0. The van der Waals surface area contributed by atoms with Crippen molar-refractivity contribution in [2.45, 2.75) is 0 Å². The van der Waals surface area contributed by atoms with E-state index in [1.54, 1.807) is 30.3 Å². The number of carbonyl (C=O) groups is 2. The van der Waals surface area contributed by atoms with E-state index in [9.17, 15) is 14.7 Å². The highest BCUT2D eigenvalue weighted by Gasteiger charge is 2.16. The average Bonchev–Trinajstić information content (AvgIpc) is 3.08. The lowest BCUT2D eigenvalue weighted by Crippen LogP contribution is -2.13. The molecule has 5 nitrogen and oxygen atoms in total. The molecule has 0 saturated heterocycles. The largest absolute Gasteiger partial charge is 0.478 e. The van der Waals surface area contributed by atoms with E-state index in [1.165, 1.54) is 6.07 Å². The molecule has 3 aromatic carbocycles. The first-order valence-corrected chi connectivity index (χ1v) is 7.77. The number of carboxylic acid groups (broad SMARTS) is 1. The number of rotatable bonds is 3. The molecular formula is C20H14N2O3. The van der Waals surface area contributed by atoms with Crippen LogP contribution in [0.3, 0.4) is 0 Å². The van der Waals surface area contributed by atoms with Crippen molar-refractivity contribution in [2.75, 3.05) is 5.32 Å². The first kappa shape index (κ1) is 15.0. The van der Waals surface area contributed by atoms with Crippen LogP contribution in [0, 0.1) is 0 Å². The number of carbonyl (C=O) groups excluding carboxylic acids is 1. The molecule has 1 aromatic heterocycles. The van der Waals surface area contributed by atoms with Crippen molar-refractivity contribution in [3.8, 4) is 0 Å². The smallest absolute Gasteiger partial charge is 0.336 e. The second kappa shape index (κ2) is 5.79. The van der Waals surface area contributed by atoms with Gasteiger partial charge in [0.25, 0.3) is 5.91 Å². The van der Waals surface area contributed by atoms with Gasteiger partial charge in [-0.3, -0.25) is 4.79 Å². The minimum atomic E-state index is -1.06. The predicted molar refractivity (Wildman–Crippen MR) is 97.2 cm³/mol. The summed E-state index contributed by atoms with van der Waals surface area (Å²) < 4.78 is 0. The Hall–Kier alpha value is -3.60. The number of carboxylic acids is 1. The van der Waals surface area contributed by atoms with Gasteiger partial charge in [0.15, 0.2) is 0 Å². The lowest BCUT2D eigenvalue weighted by atomic mass is 9.98. The number of aromatic carboxylic acids is 1. The van der Waals surface area contributed by atoms with E-state index in [0.717, 1.165) is 10.9 Å². The number of hydrogen-bond donors (Lipinski definition) is 3. The summed E-state index contributed by atoms with van der Waals surface area (Å²) in [5, 5.41) is 14.5. The Labute approximate surface area is 142 Å². The third-order valence-corrected chi connectivity index (χ3v) is 4.19. The van der Waals surface area contributed by atoms with Gasteiger partial charge in [0.05, 0.1) is 5.56 Å². The van der Waals surface area contributed by atoms with Crippen LogP contribution in [0.25, 0.3) is 21.7 Å². The number of amides is 1. The van der Waals surface area contributed by atoms with Crippen LogP contribution in [-0.2, 0) is 0 Å². The average molecular weight is 330 g/mol. The van der Waals surface area contributed by atoms with Gasteiger partial charge >= 0.3 is 5.97 Å². The SMILES string of the molecule is O=C(O)c1cccc2cccc(C(=O)Nc3ccc4cc[nH]c4c3)c12. The molecule has 0 aliphatic rings. The Balaban J connectivity index is 1.78. The molecule has 4 aromatic rings. The summed E-state index contributed by atoms with van der Waals surface area (Å²) in [5.41, 5.74) is 2.01. The maximum Gasteiger partial charge on any atom is 0.336 e. The van der Waals surface area contributed by atoms with Crippen molar-refractivity contribution < 1.29 is 14.7 Å². The van der Waals surface area contributed by atoms with Crippen LogP contribution in [0.2, 0.25) is 0 Å². The van der Waals surface area contributed by atoms with Crippen LogP contribution in [0.15, 0.2) is 66.9 Å². The second-order valence-electron chi connectivity index (χ2n) is 5.75. The number of anilines is 1. The fourth-order valence-electron chi connectivity index (χ4n) is 3.03. The van der Waals surface area contributed by atoms with E-state index in [0.29, 0.717) is 22.0 Å². The molecule has 0 atom stereocenters. The topological polar surface area (TPSA) is 82.2 Å². The van der Waals surface area contributed by atoms with Crippen LogP contribution in [0.4, 0.5) is 5.69 Å². The van der Waals surface area contributed by atoms with Crippen molar-refractivity contribution in [1.29, 1.82) is 0 Å². The number of aromatic amines is 1. The standard InChI is InChI=1S/C20H14N2O3/c23-19(22-14-8-7-12-9-10-21-17(12)11-14)15-5-1-3-13-4-2-6-16(18(13)15)20(24)25/h1-11,21H,(H,22,23)(H,24,25). The molecule has 0 aliphatic carbocycles. The quantitative estimate of drug-likeness (QED) is 0.524. The number of H-pyrrole nitrogens is 1. The molecule has 0 bridgehead atoms. The second-order valence-corrected chi connectivity index (χ2v) is 5.75. The molecule has 4 rings (SSSR count). The van der Waals surface area contributed by atoms with Gasteiger partial charge in [0.1, 0.15) is 0 Å². The lowest BCUT2D eigenvalue weighted by Gasteiger charge is -2.10. The third kappa shape index (κ3) is 2.61. The lowest BCUT2D eigenvalue weighted by molar-refractivity contribution is 0.0699. The summed E-state index contributed by atoms with van der Waals surface area (Å²) in [6, 6.07) is 17.7. The molecule has 0 unspecified atom stereocenters. The number of nitrogens with one attached hydrogen (secondary N) is 2. The van der Waals surface area contributed by atoms with E-state index in [4.69, 9.17) is 0 Å². The Morgan fingerprint density at radius 3 is 2.40 bits per heavy atom. The van der Waals surface area contributed by atoms with E-state index >= 15 is 0 Å². The van der Waals surface area contributed by atoms with Crippen LogP contribution in [0.5, 0.6) is 0 Å². The number of fused-ring (bicyclic) bond motifs is 2. The molecule has 1 amide bonds. The van der Waals surface area contributed by atoms with Gasteiger partial charge in [-0.25, -0.2) is 4.79 Å². The molecule has 0 radical (unpaired) electrons. The molecule has 0 aliphatic heterocycles. The first-order valence-electron chi connectivity index (χ1n) is 7.77.